The molecule has 3 aromatic heterocycles. The van der Waals surface area contributed by atoms with E-state index >= 15 is 0 Å². The summed E-state index contributed by atoms with van der Waals surface area (Å²) in [5, 5.41) is 2.05. The number of fused-ring (bicyclic) bond motifs is 3. The quantitative estimate of drug-likeness (QED) is 0.308. The lowest BCUT2D eigenvalue weighted by Gasteiger charge is -2.39. The van der Waals surface area contributed by atoms with Crippen LogP contribution >= 0.6 is 0 Å². The molecule has 6 rings (SSSR count). The normalized spacial score (nSPS) is 18.8. The topological polar surface area (TPSA) is 101 Å². The van der Waals surface area contributed by atoms with Crippen LogP contribution in [0.15, 0.2) is 55.0 Å². The predicted octanol–water partition coefficient (Wildman–Crippen LogP) is 5.03. The first-order valence-electron chi connectivity index (χ1n) is 13.9. The molecular weight excluding hydrogens is 571 g/mol. The smallest absolute Gasteiger partial charge is 0.493 e. The summed E-state index contributed by atoms with van der Waals surface area (Å²) in [4.78, 5) is 16.9. The van der Waals surface area contributed by atoms with Crippen molar-refractivity contribution >= 4 is 42.9 Å². The van der Waals surface area contributed by atoms with E-state index in [1.807, 2.05) is 23.2 Å². The Morgan fingerprint density at radius 1 is 1.00 bits per heavy atom. The van der Waals surface area contributed by atoms with Crippen LogP contribution in [0.25, 0.3) is 21.9 Å². The Hall–Kier alpha value is -3.84. The molecule has 5 heterocycles. The lowest BCUT2D eigenvalue weighted by molar-refractivity contribution is -0.274. The molecule has 1 N–H and O–H groups in total. The maximum absolute atomic E-state index is 12.5. The molecule has 0 radical (unpaired) electrons. The summed E-state index contributed by atoms with van der Waals surface area (Å²) in [5.74, 6) is 0.127. The zero-order chi connectivity index (χ0) is 29.3. The molecule has 2 aliphatic rings. The van der Waals surface area contributed by atoms with Crippen LogP contribution in [0.5, 0.6) is 11.5 Å². The van der Waals surface area contributed by atoms with E-state index in [9.17, 15) is 21.6 Å². The highest BCUT2D eigenvalue weighted by Crippen LogP contribution is 2.34. The third-order valence-corrected chi connectivity index (χ3v) is 8.93. The van der Waals surface area contributed by atoms with Crippen molar-refractivity contribution in [2.24, 2.45) is 11.8 Å². The minimum atomic E-state index is -4.75. The zero-order valence-electron chi connectivity index (χ0n) is 22.7. The van der Waals surface area contributed by atoms with E-state index in [0.29, 0.717) is 56.4 Å². The van der Waals surface area contributed by atoms with E-state index in [1.54, 1.807) is 12.4 Å². The number of nitrogens with zero attached hydrogens (tertiary/aromatic N) is 4. The number of aromatic nitrogens is 3. The number of ether oxygens (including phenoxy) is 2. The number of benzene rings is 1. The zero-order valence-corrected chi connectivity index (χ0v) is 23.5. The molecule has 0 amide bonds. The van der Waals surface area contributed by atoms with Crippen LogP contribution in [-0.2, 0) is 10.3 Å². The van der Waals surface area contributed by atoms with Gasteiger partial charge in [-0.15, -0.1) is 13.2 Å². The molecule has 0 aliphatic carbocycles. The van der Waals surface area contributed by atoms with Gasteiger partial charge in [-0.1, -0.05) is 0 Å². The second-order valence-electron chi connectivity index (χ2n) is 10.7. The largest absolute Gasteiger partial charge is 0.573 e. The minimum absolute atomic E-state index is 0.0810. The monoisotopic (exact) mass is 601 g/mol. The Bertz CT molecular complexity index is 1690. The van der Waals surface area contributed by atoms with Gasteiger partial charge in [-0.05, 0) is 62.1 Å². The van der Waals surface area contributed by atoms with Gasteiger partial charge in [-0.2, -0.15) is 8.42 Å². The molecule has 1 atom stereocenters. The van der Waals surface area contributed by atoms with Crippen molar-refractivity contribution in [1.29, 1.82) is 0 Å². The first kappa shape index (κ1) is 28.3. The highest BCUT2D eigenvalue weighted by Gasteiger charge is 2.33. The van der Waals surface area contributed by atoms with Crippen LogP contribution in [-0.4, -0.2) is 72.4 Å². The highest BCUT2D eigenvalue weighted by molar-refractivity contribution is 7.72. The molecule has 4 aromatic rings. The van der Waals surface area contributed by atoms with Crippen molar-refractivity contribution in [1.82, 2.24) is 19.9 Å². The van der Waals surface area contributed by atoms with Crippen molar-refractivity contribution in [3.05, 3.63) is 55.0 Å². The first-order valence-corrected chi connectivity index (χ1v) is 15.0. The van der Waals surface area contributed by atoms with Gasteiger partial charge in [0.1, 0.15) is 22.1 Å². The summed E-state index contributed by atoms with van der Waals surface area (Å²) in [5.41, 5.74) is 2.70. The fourth-order valence-corrected chi connectivity index (χ4v) is 7.00. The highest BCUT2D eigenvalue weighted by atomic mass is 32.2. The number of hydrogen-bond donors (Lipinski definition) is 1. The number of H-pyrrole nitrogens is 1. The molecule has 2 fully saturated rings. The standard InChI is InChI=1S/C29H30F3N5O4S/c30-29(31,32)41-22-5-3-21(4-6-22)40-18-19-2-1-13-37(17-19)28(42(38)39)20-9-14-36(15-10-20)25-8-12-33-24-16-35-27-23(26(24)25)7-11-34-27/h3-8,11-12,16,19-20H,1-2,9-10,13-15,17-18H2,(H,34,35). The van der Waals surface area contributed by atoms with E-state index in [4.69, 9.17) is 4.74 Å². The van der Waals surface area contributed by atoms with Gasteiger partial charge in [0.2, 0.25) is 10.3 Å². The summed E-state index contributed by atoms with van der Waals surface area (Å²) < 4.78 is 72.0. The molecule has 0 saturated carbocycles. The summed E-state index contributed by atoms with van der Waals surface area (Å²) in [6.45, 7) is 2.98. The van der Waals surface area contributed by atoms with Crippen LogP contribution in [0, 0.1) is 11.8 Å². The van der Waals surface area contributed by atoms with Crippen LogP contribution < -0.4 is 14.4 Å². The average Bonchev–Trinajstić information content (AvgIpc) is 3.46. The van der Waals surface area contributed by atoms with Crippen molar-refractivity contribution in [3.8, 4) is 11.5 Å². The Morgan fingerprint density at radius 3 is 2.50 bits per heavy atom. The molecule has 0 bridgehead atoms. The van der Waals surface area contributed by atoms with Crippen LogP contribution in [0.4, 0.5) is 18.9 Å². The van der Waals surface area contributed by atoms with Gasteiger partial charge in [-0.3, -0.25) is 9.88 Å². The van der Waals surface area contributed by atoms with E-state index in [-0.39, 0.29) is 17.6 Å². The number of hydrogen-bond acceptors (Lipinski definition) is 7. The number of likely N-dealkylation sites (tertiary alicyclic amines) is 1. The molecule has 42 heavy (non-hydrogen) atoms. The van der Waals surface area contributed by atoms with Crippen molar-refractivity contribution < 1.29 is 31.1 Å². The van der Waals surface area contributed by atoms with Gasteiger partial charge in [0.25, 0.3) is 0 Å². The maximum Gasteiger partial charge on any atom is 0.573 e. The SMILES string of the molecule is O=S(=O)=C(C1CCN(c2ccnc3cnc4[nH]ccc4c23)CC1)N1CCCC(COc2ccc(OC(F)(F)F)cc2)C1. The number of halogens is 3. The molecule has 2 saturated heterocycles. The Morgan fingerprint density at radius 2 is 1.76 bits per heavy atom. The molecule has 0 spiro atoms. The van der Waals surface area contributed by atoms with E-state index < -0.39 is 16.7 Å². The average molecular weight is 602 g/mol. The van der Waals surface area contributed by atoms with Gasteiger partial charge < -0.3 is 19.4 Å². The maximum atomic E-state index is 12.5. The number of pyridine rings is 2. The lowest BCUT2D eigenvalue weighted by atomic mass is 9.92. The van der Waals surface area contributed by atoms with Gasteiger partial charge in [0.05, 0.1) is 18.3 Å². The molecule has 2 aliphatic heterocycles. The fourth-order valence-electron chi connectivity index (χ4n) is 6.12. The Kier molecular flexibility index (Phi) is 7.95. The van der Waals surface area contributed by atoms with Gasteiger partial charge in [-0.25, -0.2) is 4.98 Å². The Labute approximate surface area is 241 Å². The van der Waals surface area contributed by atoms with Gasteiger partial charge in [0.15, 0.2) is 0 Å². The van der Waals surface area contributed by atoms with E-state index in [2.05, 4.69) is 24.6 Å². The molecule has 1 unspecified atom stereocenters. The number of piperidine rings is 2. The van der Waals surface area contributed by atoms with Gasteiger partial charge in [0, 0.05) is 66.9 Å². The van der Waals surface area contributed by atoms with Crippen molar-refractivity contribution in [2.75, 3.05) is 37.7 Å². The molecule has 222 valence electrons. The summed E-state index contributed by atoms with van der Waals surface area (Å²) in [6.07, 6.45) is 3.79. The number of anilines is 1. The van der Waals surface area contributed by atoms with Crippen molar-refractivity contribution in [2.45, 2.75) is 32.0 Å². The summed E-state index contributed by atoms with van der Waals surface area (Å²) in [7, 11) is -2.35. The summed E-state index contributed by atoms with van der Waals surface area (Å²) in [6, 6.07) is 9.30. The summed E-state index contributed by atoms with van der Waals surface area (Å²) >= 11 is 0. The third kappa shape index (κ3) is 6.16. The molecular formula is C29H30F3N5O4S. The van der Waals surface area contributed by atoms with Crippen LogP contribution in [0.3, 0.4) is 0 Å². The van der Waals surface area contributed by atoms with Crippen molar-refractivity contribution in [3.63, 3.8) is 0 Å². The lowest BCUT2D eigenvalue weighted by Crippen LogP contribution is -2.47. The van der Waals surface area contributed by atoms with E-state index in [0.717, 1.165) is 40.5 Å². The second-order valence-corrected chi connectivity index (χ2v) is 11.6. The molecule has 13 heteroatoms. The number of rotatable bonds is 6. The predicted molar refractivity (Wildman–Crippen MR) is 153 cm³/mol. The van der Waals surface area contributed by atoms with Crippen LogP contribution in [0.1, 0.15) is 25.7 Å². The minimum Gasteiger partial charge on any atom is -0.493 e. The van der Waals surface area contributed by atoms with Gasteiger partial charge >= 0.3 is 6.36 Å². The fraction of sp³-hybridized carbons (Fsp3) is 0.414. The third-order valence-electron chi connectivity index (χ3n) is 8.00. The number of alkyl halides is 3. The number of aromatic amines is 1. The molecule has 1 aromatic carbocycles. The van der Waals surface area contributed by atoms with E-state index in [1.165, 1.54) is 24.3 Å². The second kappa shape index (κ2) is 11.8. The molecule has 9 nitrogen and oxygen atoms in total. The van der Waals surface area contributed by atoms with Crippen LogP contribution in [0.2, 0.25) is 0 Å². The first-order chi connectivity index (χ1) is 20.2. The Balaban J connectivity index is 1.09. The number of nitrogens with one attached hydrogen (secondary N) is 1.